The third kappa shape index (κ3) is 3.98. The van der Waals surface area contributed by atoms with E-state index in [-0.39, 0.29) is 6.61 Å². The number of rotatable bonds is 7. The molecule has 1 aromatic rings. The minimum atomic E-state index is 0.0364. The molecule has 1 N–H and O–H groups in total. The number of anilines is 1. The molecule has 0 bridgehead atoms. The zero-order valence-corrected chi connectivity index (χ0v) is 10.9. The fourth-order valence-electron chi connectivity index (χ4n) is 1.65. The minimum absolute atomic E-state index is 0.0364. The van der Waals surface area contributed by atoms with E-state index in [1.807, 2.05) is 12.1 Å². The second kappa shape index (κ2) is 7.25. The van der Waals surface area contributed by atoms with Crippen LogP contribution in [-0.4, -0.2) is 36.4 Å². The summed E-state index contributed by atoms with van der Waals surface area (Å²) in [5, 5.41) is 8.99. The molecule has 0 aliphatic rings. The van der Waals surface area contributed by atoms with Crippen molar-refractivity contribution in [3.63, 3.8) is 0 Å². The molecule has 1 heterocycles. The molecular weight excluding hydrogens is 216 g/mol. The molecule has 1 atom stereocenters. The first kappa shape index (κ1) is 13.9. The van der Waals surface area contributed by atoms with Gasteiger partial charge in [-0.15, -0.1) is 0 Å². The van der Waals surface area contributed by atoms with Gasteiger partial charge in [-0.05, 0) is 25.0 Å². The summed E-state index contributed by atoms with van der Waals surface area (Å²) in [6.07, 6.45) is 2.78. The number of aliphatic hydroxyl groups is 1. The second-order valence-electron chi connectivity index (χ2n) is 4.13. The maximum Gasteiger partial charge on any atom is 0.128 e. The molecule has 17 heavy (non-hydrogen) atoms. The third-order valence-corrected chi connectivity index (χ3v) is 2.95. The van der Waals surface area contributed by atoms with Crippen molar-refractivity contribution in [1.82, 2.24) is 4.98 Å². The van der Waals surface area contributed by atoms with Gasteiger partial charge in [0.1, 0.15) is 5.82 Å². The van der Waals surface area contributed by atoms with Gasteiger partial charge in [-0.1, -0.05) is 13.0 Å². The summed E-state index contributed by atoms with van der Waals surface area (Å²) in [5.41, 5.74) is 0.838. The van der Waals surface area contributed by atoms with Crippen LogP contribution < -0.4 is 4.90 Å². The number of pyridine rings is 1. The Hall–Kier alpha value is -1.13. The van der Waals surface area contributed by atoms with Crippen LogP contribution in [0.2, 0.25) is 0 Å². The molecule has 0 aliphatic carbocycles. The summed E-state index contributed by atoms with van der Waals surface area (Å²) in [6, 6.07) is 4.29. The Morgan fingerprint density at radius 3 is 2.71 bits per heavy atom. The Morgan fingerprint density at radius 1 is 1.47 bits per heavy atom. The molecule has 0 aromatic carbocycles. The number of aliphatic hydroxyl groups excluding tert-OH is 1. The van der Waals surface area contributed by atoms with Crippen LogP contribution in [0.1, 0.15) is 25.8 Å². The predicted molar refractivity (Wildman–Crippen MR) is 69.1 cm³/mol. The molecule has 96 valence electrons. The van der Waals surface area contributed by atoms with E-state index in [0.717, 1.165) is 24.3 Å². The van der Waals surface area contributed by atoms with E-state index in [9.17, 15) is 0 Å². The molecule has 0 fully saturated rings. The molecule has 4 heteroatoms. The van der Waals surface area contributed by atoms with Crippen LogP contribution >= 0.6 is 0 Å². The quantitative estimate of drug-likeness (QED) is 0.787. The van der Waals surface area contributed by atoms with Crippen molar-refractivity contribution in [2.45, 2.75) is 32.9 Å². The molecule has 0 amide bonds. The van der Waals surface area contributed by atoms with Crippen LogP contribution in [0.4, 0.5) is 5.82 Å². The summed E-state index contributed by atoms with van der Waals surface area (Å²) in [5.74, 6) is 0.939. The van der Waals surface area contributed by atoms with E-state index < -0.39 is 0 Å². The minimum Gasteiger partial charge on any atom is -0.392 e. The highest BCUT2D eigenvalue weighted by Gasteiger charge is 2.13. The van der Waals surface area contributed by atoms with Crippen molar-refractivity contribution in [2.75, 3.05) is 25.2 Å². The van der Waals surface area contributed by atoms with Crippen molar-refractivity contribution < 1.29 is 9.84 Å². The van der Waals surface area contributed by atoms with Crippen LogP contribution in [0.15, 0.2) is 18.3 Å². The van der Waals surface area contributed by atoms with E-state index in [4.69, 9.17) is 9.84 Å². The van der Waals surface area contributed by atoms with E-state index in [2.05, 4.69) is 23.7 Å². The lowest BCUT2D eigenvalue weighted by Crippen LogP contribution is -2.36. The highest BCUT2D eigenvalue weighted by molar-refractivity contribution is 5.40. The number of hydrogen-bond donors (Lipinski definition) is 1. The maximum absolute atomic E-state index is 8.99. The van der Waals surface area contributed by atoms with Gasteiger partial charge in [0.15, 0.2) is 0 Å². The Labute approximate surface area is 103 Å². The first-order valence-electron chi connectivity index (χ1n) is 6.04. The van der Waals surface area contributed by atoms with Gasteiger partial charge in [-0.2, -0.15) is 0 Å². The molecular formula is C13H22N2O2. The Bertz CT molecular complexity index is 314. The molecule has 1 unspecified atom stereocenters. The predicted octanol–water partition coefficient (Wildman–Crippen LogP) is 1.83. The first-order chi connectivity index (χ1) is 8.22. The Morgan fingerprint density at radius 2 is 2.24 bits per heavy atom. The zero-order valence-electron chi connectivity index (χ0n) is 10.9. The first-order valence-corrected chi connectivity index (χ1v) is 6.04. The molecule has 0 aliphatic heterocycles. The van der Waals surface area contributed by atoms with Gasteiger partial charge in [0.25, 0.3) is 0 Å². The van der Waals surface area contributed by atoms with E-state index in [1.165, 1.54) is 0 Å². The largest absolute Gasteiger partial charge is 0.392 e. The molecule has 1 aromatic heterocycles. The number of aromatic nitrogens is 1. The standard InChI is InChI=1S/C13H22N2O2/c1-4-11(2)15(7-8-17-3)13-6-5-12(10-16)9-14-13/h5-6,9,11,16H,4,7-8,10H2,1-3H3. The van der Waals surface area contributed by atoms with Crippen LogP contribution in [-0.2, 0) is 11.3 Å². The normalized spacial score (nSPS) is 12.5. The molecule has 0 saturated carbocycles. The highest BCUT2D eigenvalue weighted by Crippen LogP contribution is 2.16. The summed E-state index contributed by atoms with van der Waals surface area (Å²) < 4.78 is 5.12. The fraction of sp³-hybridized carbons (Fsp3) is 0.615. The zero-order chi connectivity index (χ0) is 12.7. The van der Waals surface area contributed by atoms with Gasteiger partial charge in [0.05, 0.1) is 13.2 Å². The third-order valence-electron chi connectivity index (χ3n) is 2.95. The Kier molecular flexibility index (Phi) is 5.94. The Balaban J connectivity index is 2.79. The van der Waals surface area contributed by atoms with Crippen molar-refractivity contribution in [3.05, 3.63) is 23.9 Å². The van der Waals surface area contributed by atoms with Crippen LogP contribution in [0.5, 0.6) is 0 Å². The van der Waals surface area contributed by atoms with Gasteiger partial charge in [-0.3, -0.25) is 0 Å². The lowest BCUT2D eigenvalue weighted by molar-refractivity contribution is 0.203. The average molecular weight is 238 g/mol. The van der Waals surface area contributed by atoms with Crippen molar-refractivity contribution >= 4 is 5.82 Å². The molecule has 4 nitrogen and oxygen atoms in total. The SMILES string of the molecule is CCC(C)N(CCOC)c1ccc(CO)cn1. The van der Waals surface area contributed by atoms with Gasteiger partial charge >= 0.3 is 0 Å². The maximum atomic E-state index is 8.99. The number of ether oxygens (including phenoxy) is 1. The van der Waals surface area contributed by atoms with E-state index >= 15 is 0 Å². The van der Waals surface area contributed by atoms with Gasteiger partial charge in [0, 0.05) is 25.9 Å². The lowest BCUT2D eigenvalue weighted by Gasteiger charge is -2.29. The molecule has 0 saturated heterocycles. The summed E-state index contributed by atoms with van der Waals surface area (Å²) in [7, 11) is 1.71. The van der Waals surface area contributed by atoms with Crippen LogP contribution in [0.25, 0.3) is 0 Å². The second-order valence-corrected chi connectivity index (χ2v) is 4.13. The van der Waals surface area contributed by atoms with Crippen molar-refractivity contribution in [2.24, 2.45) is 0 Å². The number of nitrogens with zero attached hydrogens (tertiary/aromatic N) is 2. The van der Waals surface area contributed by atoms with E-state index in [1.54, 1.807) is 13.3 Å². The van der Waals surface area contributed by atoms with Crippen molar-refractivity contribution in [1.29, 1.82) is 0 Å². The summed E-state index contributed by atoms with van der Waals surface area (Å²) in [4.78, 5) is 6.61. The number of hydrogen-bond acceptors (Lipinski definition) is 4. The monoisotopic (exact) mass is 238 g/mol. The summed E-state index contributed by atoms with van der Waals surface area (Å²) >= 11 is 0. The van der Waals surface area contributed by atoms with Crippen molar-refractivity contribution in [3.8, 4) is 0 Å². The smallest absolute Gasteiger partial charge is 0.128 e. The molecule has 1 rings (SSSR count). The lowest BCUT2D eigenvalue weighted by atomic mass is 10.2. The topological polar surface area (TPSA) is 45.6 Å². The molecule has 0 radical (unpaired) electrons. The van der Waals surface area contributed by atoms with E-state index in [0.29, 0.717) is 12.6 Å². The van der Waals surface area contributed by atoms with Crippen LogP contribution in [0.3, 0.4) is 0 Å². The van der Waals surface area contributed by atoms with Gasteiger partial charge in [0.2, 0.25) is 0 Å². The fourth-order valence-corrected chi connectivity index (χ4v) is 1.65. The number of methoxy groups -OCH3 is 1. The molecule has 0 spiro atoms. The van der Waals surface area contributed by atoms with Gasteiger partial charge in [-0.25, -0.2) is 4.98 Å². The van der Waals surface area contributed by atoms with Gasteiger partial charge < -0.3 is 14.7 Å². The van der Waals surface area contributed by atoms with Crippen LogP contribution in [0, 0.1) is 0 Å². The summed E-state index contributed by atoms with van der Waals surface area (Å²) in [6.45, 7) is 5.89. The highest BCUT2D eigenvalue weighted by atomic mass is 16.5. The average Bonchev–Trinajstić information content (AvgIpc) is 2.39.